The number of hydrogen-bond acceptors (Lipinski definition) is 2. The molecule has 1 heterocycles. The summed E-state index contributed by atoms with van der Waals surface area (Å²) < 4.78 is 5.40. The first-order chi connectivity index (χ1) is 9.09. The van der Waals surface area contributed by atoms with Crippen LogP contribution >= 0.6 is 0 Å². The van der Waals surface area contributed by atoms with E-state index in [1.165, 1.54) is 37.9 Å². The maximum atomic E-state index is 5.40. The van der Waals surface area contributed by atoms with E-state index in [-0.39, 0.29) is 0 Å². The fourth-order valence-corrected chi connectivity index (χ4v) is 3.36. The molecule has 2 heteroatoms. The molecule has 19 heavy (non-hydrogen) atoms. The molecule has 0 saturated carbocycles. The molecular formula is C17H27NO. The molecule has 0 aromatic heterocycles. The standard InChI is InChI=1S/C17H27NO/c1-5-14(2)12-17(9-10-18(3)13-17)15-7-6-8-16(11-15)19-4/h6-8,11,14H,5,9-10,12-13H2,1-4H3/t14-,17+/m0/s1. The molecule has 0 spiro atoms. The van der Waals surface area contributed by atoms with E-state index >= 15 is 0 Å². The molecular weight excluding hydrogens is 234 g/mol. The Bertz CT molecular complexity index is 417. The Morgan fingerprint density at radius 1 is 1.42 bits per heavy atom. The van der Waals surface area contributed by atoms with E-state index in [0.29, 0.717) is 5.41 Å². The summed E-state index contributed by atoms with van der Waals surface area (Å²) in [5, 5.41) is 0. The second kappa shape index (κ2) is 5.96. The normalized spacial score (nSPS) is 25.5. The van der Waals surface area contributed by atoms with Gasteiger partial charge in [-0.05, 0) is 50.0 Å². The molecule has 0 bridgehead atoms. The van der Waals surface area contributed by atoms with Gasteiger partial charge in [-0.3, -0.25) is 0 Å². The van der Waals surface area contributed by atoms with Crippen molar-refractivity contribution in [2.24, 2.45) is 5.92 Å². The highest BCUT2D eigenvalue weighted by atomic mass is 16.5. The number of ether oxygens (including phenoxy) is 1. The summed E-state index contributed by atoms with van der Waals surface area (Å²) in [6.45, 7) is 7.04. The molecule has 1 fully saturated rings. The van der Waals surface area contributed by atoms with Crippen LogP contribution in [0.4, 0.5) is 0 Å². The lowest BCUT2D eigenvalue weighted by molar-refractivity contribution is 0.307. The second-order valence-corrected chi connectivity index (χ2v) is 6.22. The number of rotatable bonds is 5. The predicted octanol–water partition coefficient (Wildman–Crippen LogP) is 3.70. The van der Waals surface area contributed by atoms with Crippen molar-refractivity contribution in [3.63, 3.8) is 0 Å². The van der Waals surface area contributed by atoms with Gasteiger partial charge in [0.2, 0.25) is 0 Å². The fraction of sp³-hybridized carbons (Fsp3) is 0.647. The largest absolute Gasteiger partial charge is 0.497 e. The van der Waals surface area contributed by atoms with Crippen LogP contribution in [0.25, 0.3) is 0 Å². The number of benzene rings is 1. The molecule has 1 saturated heterocycles. The Morgan fingerprint density at radius 2 is 2.21 bits per heavy atom. The minimum Gasteiger partial charge on any atom is -0.497 e. The Kier molecular flexibility index (Phi) is 4.51. The summed E-state index contributed by atoms with van der Waals surface area (Å²) in [7, 11) is 3.99. The zero-order chi connectivity index (χ0) is 13.9. The van der Waals surface area contributed by atoms with E-state index in [1.54, 1.807) is 7.11 Å². The molecule has 1 aliphatic rings. The van der Waals surface area contributed by atoms with Gasteiger partial charge in [-0.2, -0.15) is 0 Å². The first-order valence-corrected chi connectivity index (χ1v) is 7.43. The molecule has 1 aromatic rings. The van der Waals surface area contributed by atoms with Crippen molar-refractivity contribution in [1.29, 1.82) is 0 Å². The van der Waals surface area contributed by atoms with Gasteiger partial charge in [-0.1, -0.05) is 32.4 Å². The summed E-state index contributed by atoms with van der Waals surface area (Å²) in [4.78, 5) is 2.46. The van der Waals surface area contributed by atoms with E-state index in [9.17, 15) is 0 Å². The first kappa shape index (κ1) is 14.4. The van der Waals surface area contributed by atoms with Gasteiger partial charge >= 0.3 is 0 Å². The third-order valence-electron chi connectivity index (χ3n) is 4.66. The van der Waals surface area contributed by atoms with Gasteiger partial charge in [0.1, 0.15) is 5.75 Å². The van der Waals surface area contributed by atoms with Crippen LogP contribution in [-0.2, 0) is 5.41 Å². The highest BCUT2D eigenvalue weighted by molar-refractivity contribution is 5.35. The van der Waals surface area contributed by atoms with Crippen molar-refractivity contribution < 1.29 is 4.74 Å². The van der Waals surface area contributed by atoms with Crippen LogP contribution in [0.3, 0.4) is 0 Å². The van der Waals surface area contributed by atoms with Crippen molar-refractivity contribution >= 4 is 0 Å². The Labute approximate surface area is 117 Å². The van der Waals surface area contributed by atoms with E-state index in [2.05, 4.69) is 44.0 Å². The fourth-order valence-electron chi connectivity index (χ4n) is 3.36. The van der Waals surface area contributed by atoms with E-state index in [0.717, 1.165) is 11.7 Å². The van der Waals surface area contributed by atoms with Crippen molar-refractivity contribution in [3.05, 3.63) is 29.8 Å². The number of likely N-dealkylation sites (tertiary alicyclic amines) is 1. The summed E-state index contributed by atoms with van der Waals surface area (Å²) in [5.74, 6) is 1.76. The lowest BCUT2D eigenvalue weighted by atomic mass is 9.73. The minimum atomic E-state index is 0.318. The van der Waals surface area contributed by atoms with Gasteiger partial charge in [0.05, 0.1) is 7.11 Å². The number of likely N-dealkylation sites (N-methyl/N-ethyl adjacent to an activating group) is 1. The topological polar surface area (TPSA) is 12.5 Å². The van der Waals surface area contributed by atoms with Crippen LogP contribution in [0, 0.1) is 5.92 Å². The first-order valence-electron chi connectivity index (χ1n) is 7.43. The monoisotopic (exact) mass is 261 g/mol. The van der Waals surface area contributed by atoms with Gasteiger partial charge in [-0.25, -0.2) is 0 Å². The van der Waals surface area contributed by atoms with Crippen LogP contribution in [0.2, 0.25) is 0 Å². The summed E-state index contributed by atoms with van der Waals surface area (Å²) in [6.07, 6.45) is 3.80. The molecule has 2 nitrogen and oxygen atoms in total. The lowest BCUT2D eigenvalue weighted by Crippen LogP contribution is -2.31. The van der Waals surface area contributed by atoms with E-state index in [1.807, 2.05) is 6.07 Å². The number of nitrogens with zero attached hydrogens (tertiary/aromatic N) is 1. The van der Waals surface area contributed by atoms with Gasteiger partial charge in [0.25, 0.3) is 0 Å². The lowest BCUT2D eigenvalue weighted by Gasteiger charge is -2.32. The minimum absolute atomic E-state index is 0.318. The summed E-state index contributed by atoms with van der Waals surface area (Å²) in [6, 6.07) is 8.69. The van der Waals surface area contributed by atoms with Crippen LogP contribution in [0.5, 0.6) is 5.75 Å². The van der Waals surface area contributed by atoms with Crippen molar-refractivity contribution in [3.8, 4) is 5.75 Å². The molecule has 2 rings (SSSR count). The van der Waals surface area contributed by atoms with Crippen molar-refractivity contribution in [1.82, 2.24) is 4.90 Å². The second-order valence-electron chi connectivity index (χ2n) is 6.22. The molecule has 1 aliphatic heterocycles. The number of methoxy groups -OCH3 is 1. The third-order valence-corrected chi connectivity index (χ3v) is 4.66. The van der Waals surface area contributed by atoms with Gasteiger partial charge in [-0.15, -0.1) is 0 Å². The summed E-state index contributed by atoms with van der Waals surface area (Å²) >= 11 is 0. The van der Waals surface area contributed by atoms with Gasteiger partial charge in [0.15, 0.2) is 0 Å². The Balaban J connectivity index is 2.31. The van der Waals surface area contributed by atoms with Gasteiger partial charge in [0, 0.05) is 12.0 Å². The van der Waals surface area contributed by atoms with E-state index < -0.39 is 0 Å². The molecule has 2 atom stereocenters. The third kappa shape index (κ3) is 3.11. The van der Waals surface area contributed by atoms with E-state index in [4.69, 9.17) is 4.74 Å². The van der Waals surface area contributed by atoms with Crippen LogP contribution in [0.1, 0.15) is 38.7 Å². The maximum absolute atomic E-state index is 5.40. The molecule has 0 amide bonds. The van der Waals surface area contributed by atoms with Gasteiger partial charge < -0.3 is 9.64 Å². The zero-order valence-corrected chi connectivity index (χ0v) is 12.8. The Morgan fingerprint density at radius 3 is 2.79 bits per heavy atom. The van der Waals surface area contributed by atoms with Crippen LogP contribution in [-0.4, -0.2) is 32.1 Å². The zero-order valence-electron chi connectivity index (χ0n) is 12.8. The smallest absolute Gasteiger partial charge is 0.119 e. The predicted molar refractivity (Wildman–Crippen MR) is 80.9 cm³/mol. The number of hydrogen-bond donors (Lipinski definition) is 0. The molecule has 106 valence electrons. The molecule has 1 aromatic carbocycles. The highest BCUT2D eigenvalue weighted by Gasteiger charge is 2.39. The van der Waals surface area contributed by atoms with Crippen molar-refractivity contribution in [2.75, 3.05) is 27.2 Å². The molecule has 0 unspecified atom stereocenters. The SMILES string of the molecule is CC[C@H](C)C[C@]1(c2cccc(OC)c2)CCN(C)C1. The average molecular weight is 261 g/mol. The molecule has 0 N–H and O–H groups in total. The van der Waals surface area contributed by atoms with Crippen molar-refractivity contribution in [2.45, 2.75) is 38.5 Å². The Hall–Kier alpha value is -1.02. The molecule has 0 radical (unpaired) electrons. The average Bonchev–Trinajstić information content (AvgIpc) is 2.81. The summed E-state index contributed by atoms with van der Waals surface area (Å²) in [5.41, 5.74) is 1.77. The van der Waals surface area contributed by atoms with Crippen LogP contribution in [0.15, 0.2) is 24.3 Å². The van der Waals surface area contributed by atoms with Crippen LogP contribution < -0.4 is 4.74 Å². The maximum Gasteiger partial charge on any atom is 0.119 e. The quantitative estimate of drug-likeness (QED) is 0.801. The molecule has 0 aliphatic carbocycles. The highest BCUT2D eigenvalue weighted by Crippen LogP contribution is 2.41.